The van der Waals surface area contributed by atoms with Crippen molar-refractivity contribution < 1.29 is 14.4 Å². The van der Waals surface area contributed by atoms with Crippen LogP contribution in [0.25, 0.3) is 15.8 Å². The van der Waals surface area contributed by atoms with Gasteiger partial charge in [0.25, 0.3) is 11.5 Å². The summed E-state index contributed by atoms with van der Waals surface area (Å²) in [6.45, 7) is 7.22. The Labute approximate surface area is 308 Å². The molecule has 3 amide bonds. The standard InChI is InChI=1S/C37H38ClN9O4S/c1-20-21(2)52-37-31(20)33(23-10-12-25(38)13-11-23)42-27(34-45-44-22(3)46(34)37)18-30(49)40-17-6-4-5-16-39-26-9-7-8-24-19-41-47(36(51)32(24)26)28-14-15-29(48)43-35(28)50/h7-13,19,27-28,39H,4-6,14-18H2,1-3H3,(H,40,49)(H,43,48,50)/t27-,28?/m0/s1. The number of rotatable bonds is 11. The summed E-state index contributed by atoms with van der Waals surface area (Å²) in [6, 6.07) is 11.7. The van der Waals surface area contributed by atoms with Crippen molar-refractivity contribution in [1.82, 2.24) is 35.2 Å². The van der Waals surface area contributed by atoms with Crippen LogP contribution in [-0.2, 0) is 14.4 Å². The van der Waals surface area contributed by atoms with E-state index in [1.807, 2.05) is 47.9 Å². The van der Waals surface area contributed by atoms with Crippen LogP contribution in [0.5, 0.6) is 0 Å². The lowest BCUT2D eigenvalue weighted by atomic mass is 9.99. The van der Waals surface area contributed by atoms with Gasteiger partial charge in [0.2, 0.25) is 11.8 Å². The van der Waals surface area contributed by atoms with Gasteiger partial charge in [-0.05, 0) is 70.2 Å². The molecular formula is C37H38ClN9O4S. The first-order valence-electron chi connectivity index (χ1n) is 17.3. The molecule has 2 atom stereocenters. The van der Waals surface area contributed by atoms with Crippen molar-refractivity contribution in [2.75, 3.05) is 18.4 Å². The van der Waals surface area contributed by atoms with Gasteiger partial charge in [0.05, 0.1) is 23.7 Å². The minimum atomic E-state index is -0.831. The summed E-state index contributed by atoms with van der Waals surface area (Å²) >= 11 is 7.89. The number of benzene rings is 2. The summed E-state index contributed by atoms with van der Waals surface area (Å²) < 4.78 is 3.21. The fourth-order valence-corrected chi connectivity index (χ4v) is 8.09. The van der Waals surface area contributed by atoms with E-state index < -0.39 is 18.0 Å². The molecule has 1 fully saturated rings. The van der Waals surface area contributed by atoms with Crippen LogP contribution >= 0.6 is 22.9 Å². The lowest BCUT2D eigenvalue weighted by molar-refractivity contribution is -0.136. The molecule has 0 aliphatic carbocycles. The summed E-state index contributed by atoms with van der Waals surface area (Å²) in [6.07, 6.45) is 4.49. The van der Waals surface area contributed by atoms with Gasteiger partial charge in [-0.2, -0.15) is 5.10 Å². The van der Waals surface area contributed by atoms with E-state index in [1.54, 1.807) is 23.6 Å². The first-order valence-corrected chi connectivity index (χ1v) is 18.5. The molecule has 3 N–H and O–H groups in total. The highest BCUT2D eigenvalue weighted by Crippen LogP contribution is 2.39. The molecule has 268 valence electrons. The van der Waals surface area contributed by atoms with Crippen molar-refractivity contribution in [3.8, 4) is 5.00 Å². The summed E-state index contributed by atoms with van der Waals surface area (Å²) in [5.41, 5.74) is 4.15. The Kier molecular flexibility index (Phi) is 10.0. The Morgan fingerprint density at radius 1 is 1.02 bits per heavy atom. The molecule has 1 unspecified atom stereocenters. The van der Waals surface area contributed by atoms with Gasteiger partial charge in [-0.25, -0.2) is 4.68 Å². The van der Waals surface area contributed by atoms with Crippen LogP contribution in [0, 0.1) is 20.8 Å². The van der Waals surface area contributed by atoms with Crippen LogP contribution in [0.1, 0.15) is 83.8 Å². The highest BCUT2D eigenvalue weighted by Gasteiger charge is 2.33. The molecule has 1 saturated heterocycles. The van der Waals surface area contributed by atoms with E-state index in [9.17, 15) is 19.2 Å². The number of halogens is 1. The molecule has 5 aromatic rings. The van der Waals surface area contributed by atoms with Gasteiger partial charge < -0.3 is 10.6 Å². The van der Waals surface area contributed by atoms with Crippen molar-refractivity contribution in [1.29, 1.82) is 0 Å². The average Bonchev–Trinajstić information content (AvgIpc) is 3.60. The van der Waals surface area contributed by atoms with Gasteiger partial charge in [0.1, 0.15) is 22.9 Å². The minimum Gasteiger partial charge on any atom is -0.384 e. The van der Waals surface area contributed by atoms with Crippen LogP contribution in [0.15, 0.2) is 58.4 Å². The number of hydrogen-bond acceptors (Lipinski definition) is 10. The lowest BCUT2D eigenvalue weighted by Gasteiger charge is -2.22. The molecule has 7 rings (SSSR count). The number of aromatic nitrogens is 5. The molecule has 0 radical (unpaired) electrons. The van der Waals surface area contributed by atoms with Crippen molar-refractivity contribution >= 4 is 62.8 Å². The molecule has 52 heavy (non-hydrogen) atoms. The van der Waals surface area contributed by atoms with Crippen molar-refractivity contribution in [3.05, 3.63) is 97.3 Å². The number of nitrogens with zero attached hydrogens (tertiary/aromatic N) is 6. The number of imide groups is 1. The summed E-state index contributed by atoms with van der Waals surface area (Å²) in [7, 11) is 0. The third-order valence-corrected chi connectivity index (χ3v) is 11.0. The number of aryl methyl sites for hydroxylation is 2. The van der Waals surface area contributed by atoms with Gasteiger partial charge in [-0.15, -0.1) is 21.5 Å². The van der Waals surface area contributed by atoms with Gasteiger partial charge in [0.15, 0.2) is 5.82 Å². The number of carbonyl (C=O) groups excluding carboxylic acids is 3. The van der Waals surface area contributed by atoms with Crippen molar-refractivity contribution in [2.24, 2.45) is 4.99 Å². The number of aliphatic imine (C=N–C) groups is 1. The monoisotopic (exact) mass is 739 g/mol. The van der Waals surface area contributed by atoms with Crippen molar-refractivity contribution in [3.63, 3.8) is 0 Å². The van der Waals surface area contributed by atoms with Crippen LogP contribution in [0.4, 0.5) is 5.69 Å². The van der Waals surface area contributed by atoms with E-state index in [0.717, 1.165) is 52.5 Å². The molecule has 5 heterocycles. The van der Waals surface area contributed by atoms with Crippen LogP contribution in [0.3, 0.4) is 0 Å². The second-order valence-corrected chi connectivity index (χ2v) is 14.7. The number of fused-ring (bicyclic) bond motifs is 4. The average molecular weight is 740 g/mol. The Bertz CT molecular complexity index is 2290. The Morgan fingerprint density at radius 3 is 2.60 bits per heavy atom. The second-order valence-electron chi connectivity index (χ2n) is 13.1. The van der Waals surface area contributed by atoms with E-state index in [0.29, 0.717) is 40.4 Å². The smallest absolute Gasteiger partial charge is 0.277 e. The zero-order chi connectivity index (χ0) is 36.5. The summed E-state index contributed by atoms with van der Waals surface area (Å²) in [5, 5.41) is 24.6. The SMILES string of the molecule is Cc1sc2c(c1C)C(c1ccc(Cl)cc1)=N[C@@H](CC(=O)NCCCCCNc1cccc3cnn(C4CCC(=O)NC4=O)c(=O)c13)c1nnc(C)n1-2. The van der Waals surface area contributed by atoms with E-state index in [1.165, 1.54) is 9.56 Å². The number of piperidine rings is 1. The molecular weight excluding hydrogens is 702 g/mol. The number of anilines is 1. The fourth-order valence-electron chi connectivity index (χ4n) is 6.75. The van der Waals surface area contributed by atoms with Gasteiger partial charge in [0, 0.05) is 51.6 Å². The third-order valence-electron chi connectivity index (χ3n) is 9.57. The number of amides is 3. The van der Waals surface area contributed by atoms with Crippen LogP contribution in [-0.4, -0.2) is 61.1 Å². The Morgan fingerprint density at radius 2 is 1.81 bits per heavy atom. The maximum absolute atomic E-state index is 13.5. The highest BCUT2D eigenvalue weighted by atomic mass is 35.5. The van der Waals surface area contributed by atoms with Crippen LogP contribution < -0.4 is 21.5 Å². The lowest BCUT2D eigenvalue weighted by Crippen LogP contribution is -2.45. The highest BCUT2D eigenvalue weighted by molar-refractivity contribution is 7.15. The Balaban J connectivity index is 0.969. The number of carbonyl (C=O) groups is 3. The third kappa shape index (κ3) is 6.87. The molecule has 2 aliphatic rings. The van der Waals surface area contributed by atoms with Crippen LogP contribution in [0.2, 0.25) is 5.02 Å². The van der Waals surface area contributed by atoms with Crippen molar-refractivity contribution in [2.45, 2.75) is 71.4 Å². The number of thiophene rings is 1. The van der Waals surface area contributed by atoms with E-state index >= 15 is 0 Å². The second kappa shape index (κ2) is 14.8. The first-order chi connectivity index (χ1) is 25.1. The maximum atomic E-state index is 13.5. The number of unbranched alkanes of at least 4 members (excludes halogenated alkanes) is 2. The van der Waals surface area contributed by atoms with Gasteiger partial charge in [-0.1, -0.05) is 35.9 Å². The van der Waals surface area contributed by atoms with E-state index in [4.69, 9.17) is 16.6 Å². The molecule has 15 heteroatoms. The molecule has 0 spiro atoms. The normalized spacial score (nSPS) is 16.9. The molecule has 2 aliphatic heterocycles. The predicted octanol–water partition coefficient (Wildman–Crippen LogP) is 5.28. The molecule has 2 aromatic carbocycles. The molecule has 0 bridgehead atoms. The quantitative estimate of drug-likeness (QED) is 0.122. The summed E-state index contributed by atoms with van der Waals surface area (Å²) in [5.74, 6) is 0.386. The fraction of sp³-hybridized carbons (Fsp3) is 0.351. The zero-order valence-corrected chi connectivity index (χ0v) is 30.6. The number of hydrogen-bond donors (Lipinski definition) is 3. The minimum absolute atomic E-state index is 0.121. The first kappa shape index (κ1) is 35.2. The Hall–Kier alpha value is -5.21. The molecule has 3 aromatic heterocycles. The summed E-state index contributed by atoms with van der Waals surface area (Å²) in [4.78, 5) is 57.2. The molecule has 13 nitrogen and oxygen atoms in total. The largest absolute Gasteiger partial charge is 0.384 e. The van der Waals surface area contributed by atoms with E-state index in [2.05, 4.69) is 45.1 Å². The topological polar surface area (TPSA) is 165 Å². The predicted molar refractivity (Wildman–Crippen MR) is 201 cm³/mol. The molecule has 0 saturated carbocycles. The van der Waals surface area contributed by atoms with E-state index in [-0.39, 0.29) is 36.6 Å². The van der Waals surface area contributed by atoms with Gasteiger partial charge in [-0.3, -0.25) is 34.1 Å². The van der Waals surface area contributed by atoms with Gasteiger partial charge >= 0.3 is 0 Å². The zero-order valence-electron chi connectivity index (χ0n) is 29.0. The maximum Gasteiger partial charge on any atom is 0.277 e. The number of nitrogens with one attached hydrogen (secondary N) is 3.